The minimum absolute atomic E-state index is 0.0302. The van der Waals surface area contributed by atoms with E-state index in [4.69, 9.17) is 15.9 Å². The van der Waals surface area contributed by atoms with Crippen LogP contribution in [0.25, 0.3) is 0 Å². The van der Waals surface area contributed by atoms with Crippen molar-refractivity contribution in [3.8, 4) is 11.5 Å². The number of pyridine rings is 1. The van der Waals surface area contributed by atoms with Gasteiger partial charge >= 0.3 is 0 Å². The van der Waals surface area contributed by atoms with Crippen molar-refractivity contribution in [1.29, 1.82) is 5.41 Å². The summed E-state index contributed by atoms with van der Waals surface area (Å²) in [6.07, 6.45) is 3.19. The maximum absolute atomic E-state index is 7.63. The predicted octanol–water partition coefficient (Wildman–Crippen LogP) is 3.76. The van der Waals surface area contributed by atoms with E-state index in [-0.39, 0.29) is 11.3 Å². The van der Waals surface area contributed by atoms with Gasteiger partial charge in [0.15, 0.2) is 5.75 Å². The van der Waals surface area contributed by atoms with Crippen molar-refractivity contribution in [2.75, 3.05) is 0 Å². The molecule has 0 amide bonds. The van der Waals surface area contributed by atoms with Gasteiger partial charge in [0, 0.05) is 11.8 Å². The molecule has 0 aliphatic heterocycles. The lowest BCUT2D eigenvalue weighted by molar-refractivity contribution is 0.452. The lowest BCUT2D eigenvalue weighted by atomic mass is 9.86. The van der Waals surface area contributed by atoms with E-state index in [9.17, 15) is 0 Å². The molecule has 0 aliphatic rings. The van der Waals surface area contributed by atoms with E-state index in [1.54, 1.807) is 18.5 Å². The largest absolute Gasteiger partial charge is 0.455 e. The second-order valence-corrected chi connectivity index (χ2v) is 6.14. The number of aryl methyl sites for hydroxylation is 1. The van der Waals surface area contributed by atoms with Crippen LogP contribution in [-0.4, -0.2) is 10.8 Å². The first-order chi connectivity index (χ1) is 9.79. The van der Waals surface area contributed by atoms with Crippen LogP contribution in [0.4, 0.5) is 0 Å². The number of nitrogens with one attached hydrogen (secondary N) is 1. The van der Waals surface area contributed by atoms with Crippen LogP contribution in [-0.2, 0) is 5.41 Å². The van der Waals surface area contributed by atoms with Gasteiger partial charge in [0.05, 0.1) is 11.8 Å². The van der Waals surface area contributed by atoms with Gasteiger partial charge in [-0.25, -0.2) is 0 Å². The summed E-state index contributed by atoms with van der Waals surface area (Å²) in [5, 5.41) is 7.63. The molecule has 0 atom stereocenters. The Morgan fingerprint density at radius 1 is 1.19 bits per heavy atom. The summed E-state index contributed by atoms with van der Waals surface area (Å²) in [5.74, 6) is 1.25. The van der Waals surface area contributed by atoms with Gasteiger partial charge in [0.2, 0.25) is 0 Å². The summed E-state index contributed by atoms with van der Waals surface area (Å²) in [4.78, 5) is 4.06. The quantitative estimate of drug-likeness (QED) is 0.665. The first-order valence-electron chi connectivity index (χ1n) is 6.86. The molecule has 0 saturated carbocycles. The Hall–Kier alpha value is -2.36. The Labute approximate surface area is 125 Å². The van der Waals surface area contributed by atoms with Gasteiger partial charge in [-0.3, -0.25) is 10.4 Å². The van der Waals surface area contributed by atoms with Gasteiger partial charge < -0.3 is 10.5 Å². The number of aromatic nitrogens is 1. The fourth-order valence-electron chi connectivity index (χ4n) is 2.14. The number of hydrogen-bond acceptors (Lipinski definition) is 3. The number of nitrogen functional groups attached to an aromatic ring is 1. The van der Waals surface area contributed by atoms with Crippen LogP contribution in [0.1, 0.15) is 37.5 Å². The minimum atomic E-state index is -0.0401. The molecule has 0 saturated heterocycles. The summed E-state index contributed by atoms with van der Waals surface area (Å²) in [5.41, 5.74) is 8.33. The molecule has 0 spiro atoms. The molecule has 21 heavy (non-hydrogen) atoms. The van der Waals surface area contributed by atoms with Crippen LogP contribution >= 0.6 is 0 Å². The molecule has 2 rings (SSSR count). The molecule has 110 valence electrons. The van der Waals surface area contributed by atoms with Crippen LogP contribution in [0.15, 0.2) is 36.7 Å². The summed E-state index contributed by atoms with van der Waals surface area (Å²) < 4.78 is 6.03. The summed E-state index contributed by atoms with van der Waals surface area (Å²) in [6.45, 7) is 8.44. The molecule has 0 fully saturated rings. The molecule has 2 aromatic rings. The Balaban J connectivity index is 2.49. The summed E-state index contributed by atoms with van der Waals surface area (Å²) >= 11 is 0. The average Bonchev–Trinajstić information content (AvgIpc) is 2.37. The van der Waals surface area contributed by atoms with E-state index in [0.29, 0.717) is 11.3 Å². The number of nitrogens with zero attached hydrogens (tertiary/aromatic N) is 1. The van der Waals surface area contributed by atoms with Crippen molar-refractivity contribution in [2.24, 2.45) is 5.73 Å². The molecule has 0 unspecified atom stereocenters. The second-order valence-electron chi connectivity index (χ2n) is 6.14. The van der Waals surface area contributed by atoms with E-state index in [1.807, 2.05) is 13.0 Å². The minimum Gasteiger partial charge on any atom is -0.455 e. The van der Waals surface area contributed by atoms with Gasteiger partial charge in [-0.15, -0.1) is 0 Å². The zero-order valence-corrected chi connectivity index (χ0v) is 12.9. The maximum Gasteiger partial charge on any atom is 0.156 e. The number of rotatable bonds is 3. The van der Waals surface area contributed by atoms with E-state index in [2.05, 4.69) is 37.9 Å². The van der Waals surface area contributed by atoms with Crippen molar-refractivity contribution in [2.45, 2.75) is 33.1 Å². The van der Waals surface area contributed by atoms with Gasteiger partial charge in [0.1, 0.15) is 11.6 Å². The Kier molecular flexibility index (Phi) is 3.98. The monoisotopic (exact) mass is 283 g/mol. The standard InChI is InChI=1S/C17H21N3O/c1-11-5-6-13(17(2,3)4)14(9-11)21-15-10-20-8-7-12(15)16(18)19/h5-10H,1-4H3,(H3,18,19). The molecule has 1 heterocycles. The third kappa shape index (κ3) is 3.40. The molecule has 4 nitrogen and oxygen atoms in total. The van der Waals surface area contributed by atoms with Crippen molar-refractivity contribution in [3.05, 3.63) is 53.3 Å². The molecule has 1 aromatic carbocycles. The normalized spacial score (nSPS) is 11.2. The van der Waals surface area contributed by atoms with Gasteiger partial charge in [-0.1, -0.05) is 32.9 Å². The number of ether oxygens (including phenoxy) is 1. The van der Waals surface area contributed by atoms with E-state index in [1.165, 1.54) is 0 Å². The molecule has 3 N–H and O–H groups in total. The van der Waals surface area contributed by atoms with Crippen LogP contribution in [0, 0.1) is 12.3 Å². The zero-order valence-electron chi connectivity index (χ0n) is 12.9. The fourth-order valence-corrected chi connectivity index (χ4v) is 2.14. The number of hydrogen-bond donors (Lipinski definition) is 2. The highest BCUT2D eigenvalue weighted by molar-refractivity contribution is 5.97. The van der Waals surface area contributed by atoms with Crippen molar-refractivity contribution in [1.82, 2.24) is 4.98 Å². The molecule has 0 aliphatic carbocycles. The van der Waals surface area contributed by atoms with Crippen LogP contribution < -0.4 is 10.5 Å². The smallest absolute Gasteiger partial charge is 0.156 e. The van der Waals surface area contributed by atoms with Gasteiger partial charge in [-0.05, 0) is 30.0 Å². The highest BCUT2D eigenvalue weighted by Gasteiger charge is 2.20. The topological polar surface area (TPSA) is 72.0 Å². The van der Waals surface area contributed by atoms with Crippen LogP contribution in [0.5, 0.6) is 11.5 Å². The van der Waals surface area contributed by atoms with Crippen molar-refractivity contribution >= 4 is 5.84 Å². The second kappa shape index (κ2) is 5.56. The van der Waals surface area contributed by atoms with E-state index >= 15 is 0 Å². The highest BCUT2D eigenvalue weighted by atomic mass is 16.5. The molecule has 1 aromatic heterocycles. The average molecular weight is 283 g/mol. The number of benzene rings is 1. The molecular formula is C17H21N3O. The molecule has 4 heteroatoms. The number of nitrogens with two attached hydrogens (primary N) is 1. The van der Waals surface area contributed by atoms with Crippen molar-refractivity contribution < 1.29 is 4.74 Å². The highest BCUT2D eigenvalue weighted by Crippen LogP contribution is 2.35. The Morgan fingerprint density at radius 3 is 2.52 bits per heavy atom. The third-order valence-electron chi connectivity index (χ3n) is 3.24. The lowest BCUT2D eigenvalue weighted by Crippen LogP contribution is -2.15. The molecule has 0 bridgehead atoms. The molecular weight excluding hydrogens is 262 g/mol. The van der Waals surface area contributed by atoms with Crippen LogP contribution in [0.3, 0.4) is 0 Å². The fraction of sp³-hybridized carbons (Fsp3) is 0.294. The Bertz CT molecular complexity index is 672. The SMILES string of the molecule is Cc1ccc(C(C)(C)C)c(Oc2cnccc2C(=N)N)c1. The maximum atomic E-state index is 7.63. The van der Waals surface area contributed by atoms with E-state index in [0.717, 1.165) is 16.9 Å². The zero-order chi connectivity index (χ0) is 15.6. The third-order valence-corrected chi connectivity index (χ3v) is 3.24. The number of amidine groups is 1. The summed E-state index contributed by atoms with van der Waals surface area (Å²) in [6, 6.07) is 7.83. The lowest BCUT2D eigenvalue weighted by Gasteiger charge is -2.23. The first-order valence-corrected chi connectivity index (χ1v) is 6.86. The predicted molar refractivity (Wildman–Crippen MR) is 85.2 cm³/mol. The summed E-state index contributed by atoms with van der Waals surface area (Å²) in [7, 11) is 0. The molecule has 0 radical (unpaired) electrons. The van der Waals surface area contributed by atoms with E-state index < -0.39 is 0 Å². The van der Waals surface area contributed by atoms with Crippen molar-refractivity contribution in [3.63, 3.8) is 0 Å². The van der Waals surface area contributed by atoms with Crippen LogP contribution in [0.2, 0.25) is 0 Å². The van der Waals surface area contributed by atoms with Gasteiger partial charge in [0.25, 0.3) is 0 Å². The first kappa shape index (κ1) is 15.0. The van der Waals surface area contributed by atoms with Gasteiger partial charge in [-0.2, -0.15) is 0 Å². The Morgan fingerprint density at radius 2 is 1.90 bits per heavy atom.